The molecule has 6 nitrogen and oxygen atoms in total. The van der Waals surface area contributed by atoms with E-state index in [2.05, 4.69) is 10.1 Å². The molecule has 1 aliphatic heterocycles. The third kappa shape index (κ3) is 5.37. The summed E-state index contributed by atoms with van der Waals surface area (Å²) in [5.41, 5.74) is 4.17. The van der Waals surface area contributed by atoms with Crippen LogP contribution in [0.4, 0.5) is 4.39 Å². The van der Waals surface area contributed by atoms with Crippen molar-refractivity contribution in [2.24, 2.45) is 0 Å². The lowest BCUT2D eigenvalue weighted by molar-refractivity contribution is 0.0616. The molecule has 4 rings (SSSR count). The van der Waals surface area contributed by atoms with E-state index >= 15 is 0 Å². The third-order valence-corrected chi connectivity index (χ3v) is 6.47. The fraction of sp³-hybridized carbons (Fsp3) is 0.360. The van der Waals surface area contributed by atoms with Crippen molar-refractivity contribution in [3.63, 3.8) is 0 Å². The number of carbonyl (C=O) groups is 1. The van der Waals surface area contributed by atoms with Gasteiger partial charge in [0.1, 0.15) is 23.9 Å². The van der Waals surface area contributed by atoms with Crippen LogP contribution in [-0.4, -0.2) is 47.0 Å². The minimum atomic E-state index is -0.348. The summed E-state index contributed by atoms with van der Waals surface area (Å²) in [5.74, 6) is 0.807. The first-order chi connectivity index (χ1) is 15.8. The number of carbonyl (C=O) groups excluding carboxylic acids is 1. The minimum Gasteiger partial charge on any atom is -0.489 e. The number of hydrogen-bond donors (Lipinski definition) is 0. The van der Waals surface area contributed by atoms with Crippen LogP contribution in [0.15, 0.2) is 40.9 Å². The fourth-order valence-corrected chi connectivity index (χ4v) is 4.06. The van der Waals surface area contributed by atoms with Gasteiger partial charge in [-0.2, -0.15) is 0 Å². The second-order valence-corrected chi connectivity index (χ2v) is 8.81. The molecule has 1 saturated heterocycles. The van der Waals surface area contributed by atoms with Gasteiger partial charge < -0.3 is 14.2 Å². The Hall–Kier alpha value is -2.90. The monoisotopic (exact) mass is 471 g/mol. The van der Waals surface area contributed by atoms with E-state index in [0.29, 0.717) is 54.8 Å². The minimum absolute atomic E-state index is 0.162. The first-order valence-electron chi connectivity index (χ1n) is 10.9. The average molecular weight is 472 g/mol. The highest BCUT2D eigenvalue weighted by Gasteiger charge is 2.28. The molecule has 33 heavy (non-hydrogen) atoms. The molecule has 8 heteroatoms. The molecule has 3 aromatic rings. The average Bonchev–Trinajstić information content (AvgIpc) is 3.17. The van der Waals surface area contributed by atoms with E-state index in [4.69, 9.17) is 20.9 Å². The number of halogens is 2. The Bertz CT molecular complexity index is 1160. The van der Waals surface area contributed by atoms with Gasteiger partial charge in [0.2, 0.25) is 0 Å². The molecule has 2 heterocycles. The van der Waals surface area contributed by atoms with E-state index in [-0.39, 0.29) is 18.3 Å². The Morgan fingerprint density at radius 3 is 2.55 bits per heavy atom. The molecule has 0 unspecified atom stereocenters. The van der Waals surface area contributed by atoms with Gasteiger partial charge in [0.15, 0.2) is 5.69 Å². The Morgan fingerprint density at radius 2 is 1.85 bits per heavy atom. The zero-order valence-electron chi connectivity index (χ0n) is 19.0. The standard InChI is InChI=1S/C25H27ClFN3O3/c1-16-4-7-21(12-17(16)2)32-15-22-18(3)33-28-24(22)25(31)30-10-8-29(9-11-30)14-19-5-6-20(27)13-23(19)26/h4-7,12-13H,8-11,14-15H2,1-3H3. The first-order valence-corrected chi connectivity index (χ1v) is 11.3. The van der Waals surface area contributed by atoms with Crippen LogP contribution in [0.25, 0.3) is 0 Å². The topological polar surface area (TPSA) is 58.8 Å². The smallest absolute Gasteiger partial charge is 0.276 e. The van der Waals surface area contributed by atoms with E-state index in [1.807, 2.05) is 32.0 Å². The Labute approximate surface area is 197 Å². The molecule has 0 N–H and O–H groups in total. The quantitative estimate of drug-likeness (QED) is 0.510. The molecule has 0 spiro atoms. The molecular weight excluding hydrogens is 445 g/mol. The normalized spacial score (nSPS) is 14.5. The molecule has 174 valence electrons. The lowest BCUT2D eigenvalue weighted by atomic mass is 10.1. The summed E-state index contributed by atoms with van der Waals surface area (Å²) in [5, 5.41) is 4.45. The summed E-state index contributed by atoms with van der Waals surface area (Å²) in [7, 11) is 0. The second-order valence-electron chi connectivity index (χ2n) is 8.40. The molecule has 0 bridgehead atoms. The van der Waals surface area contributed by atoms with E-state index in [9.17, 15) is 9.18 Å². The van der Waals surface area contributed by atoms with E-state index in [0.717, 1.165) is 16.9 Å². The number of nitrogens with zero attached hydrogens (tertiary/aromatic N) is 3. The van der Waals surface area contributed by atoms with E-state index in [1.54, 1.807) is 17.9 Å². The third-order valence-electron chi connectivity index (χ3n) is 6.12. The molecule has 1 aliphatic rings. The van der Waals surface area contributed by atoms with Gasteiger partial charge in [-0.25, -0.2) is 4.39 Å². The SMILES string of the molecule is Cc1ccc(OCc2c(C(=O)N3CCN(Cc4ccc(F)cc4Cl)CC3)noc2C)cc1C. The molecule has 1 fully saturated rings. The van der Waals surface area contributed by atoms with Crippen molar-refractivity contribution in [3.8, 4) is 5.75 Å². The number of aromatic nitrogens is 1. The summed E-state index contributed by atoms with van der Waals surface area (Å²) < 4.78 is 24.5. The second kappa shape index (κ2) is 9.93. The van der Waals surface area contributed by atoms with E-state index < -0.39 is 0 Å². The van der Waals surface area contributed by atoms with Crippen molar-refractivity contribution < 1.29 is 18.4 Å². The van der Waals surface area contributed by atoms with Crippen LogP contribution in [0, 0.1) is 26.6 Å². The van der Waals surface area contributed by atoms with Gasteiger partial charge in [-0.05, 0) is 61.7 Å². The number of ether oxygens (including phenoxy) is 1. The van der Waals surface area contributed by atoms with Crippen LogP contribution in [0.5, 0.6) is 5.75 Å². The van der Waals surface area contributed by atoms with Gasteiger partial charge in [-0.1, -0.05) is 28.9 Å². The highest BCUT2D eigenvalue weighted by atomic mass is 35.5. The van der Waals surface area contributed by atoms with Gasteiger partial charge in [0.05, 0.1) is 5.56 Å². The Balaban J connectivity index is 1.37. The van der Waals surface area contributed by atoms with Crippen molar-refractivity contribution in [3.05, 3.63) is 80.9 Å². The Kier molecular flexibility index (Phi) is 7.00. The summed E-state index contributed by atoms with van der Waals surface area (Å²) >= 11 is 6.16. The number of rotatable bonds is 6. The Morgan fingerprint density at radius 1 is 1.09 bits per heavy atom. The maximum absolute atomic E-state index is 13.3. The highest BCUT2D eigenvalue weighted by Crippen LogP contribution is 2.23. The van der Waals surface area contributed by atoms with Crippen LogP contribution in [-0.2, 0) is 13.2 Å². The van der Waals surface area contributed by atoms with Crippen LogP contribution in [0.3, 0.4) is 0 Å². The van der Waals surface area contributed by atoms with Crippen molar-refractivity contribution >= 4 is 17.5 Å². The maximum atomic E-state index is 13.3. The molecule has 0 atom stereocenters. The number of amides is 1. The molecule has 1 aromatic heterocycles. The van der Waals surface area contributed by atoms with Crippen molar-refractivity contribution in [1.29, 1.82) is 0 Å². The molecular formula is C25H27ClFN3O3. The lowest BCUT2D eigenvalue weighted by Gasteiger charge is -2.34. The van der Waals surface area contributed by atoms with Crippen molar-refractivity contribution in [2.75, 3.05) is 26.2 Å². The number of piperazine rings is 1. The zero-order chi connectivity index (χ0) is 23.5. The fourth-order valence-electron chi connectivity index (χ4n) is 3.84. The maximum Gasteiger partial charge on any atom is 0.276 e. The predicted octanol–water partition coefficient (Wildman–Crippen LogP) is 4.93. The molecule has 1 amide bonds. The summed E-state index contributed by atoms with van der Waals surface area (Å²) in [6.07, 6.45) is 0. The van der Waals surface area contributed by atoms with Crippen molar-refractivity contribution in [1.82, 2.24) is 15.0 Å². The van der Waals surface area contributed by atoms with Gasteiger partial charge >= 0.3 is 0 Å². The van der Waals surface area contributed by atoms with Crippen LogP contribution in [0.2, 0.25) is 5.02 Å². The zero-order valence-corrected chi connectivity index (χ0v) is 19.8. The molecule has 0 radical (unpaired) electrons. The number of hydrogen-bond acceptors (Lipinski definition) is 5. The molecule has 2 aromatic carbocycles. The number of aryl methyl sites for hydroxylation is 3. The lowest BCUT2D eigenvalue weighted by Crippen LogP contribution is -2.48. The summed E-state index contributed by atoms with van der Waals surface area (Å²) in [6.45, 7) is 9.17. The van der Waals surface area contributed by atoms with Crippen LogP contribution < -0.4 is 4.74 Å². The predicted molar refractivity (Wildman–Crippen MR) is 124 cm³/mol. The highest BCUT2D eigenvalue weighted by molar-refractivity contribution is 6.31. The molecule has 0 saturated carbocycles. The summed E-state index contributed by atoms with van der Waals surface area (Å²) in [4.78, 5) is 17.1. The van der Waals surface area contributed by atoms with Crippen LogP contribution in [0.1, 0.15) is 38.5 Å². The summed E-state index contributed by atoms with van der Waals surface area (Å²) in [6, 6.07) is 10.3. The van der Waals surface area contributed by atoms with Gasteiger partial charge in [0, 0.05) is 37.7 Å². The molecule has 0 aliphatic carbocycles. The van der Waals surface area contributed by atoms with Crippen LogP contribution >= 0.6 is 11.6 Å². The van der Waals surface area contributed by atoms with Gasteiger partial charge in [-0.15, -0.1) is 0 Å². The van der Waals surface area contributed by atoms with Gasteiger partial charge in [-0.3, -0.25) is 9.69 Å². The number of benzene rings is 2. The first kappa shape index (κ1) is 23.3. The van der Waals surface area contributed by atoms with Crippen molar-refractivity contribution in [2.45, 2.75) is 33.9 Å². The van der Waals surface area contributed by atoms with E-state index in [1.165, 1.54) is 17.7 Å². The van der Waals surface area contributed by atoms with Gasteiger partial charge in [0.25, 0.3) is 5.91 Å². The largest absolute Gasteiger partial charge is 0.489 e.